The number of benzene rings is 1. The van der Waals surface area contributed by atoms with Crippen LogP contribution < -0.4 is 9.47 Å². The molecule has 0 atom stereocenters. The lowest BCUT2D eigenvalue weighted by atomic mass is 9.90. The Morgan fingerprint density at radius 3 is 2.61 bits per heavy atom. The van der Waals surface area contributed by atoms with Crippen LogP contribution in [0.15, 0.2) is 42.6 Å². The van der Waals surface area contributed by atoms with Crippen LogP contribution >= 0.6 is 0 Å². The first-order valence-electron chi connectivity index (χ1n) is 12.2. The van der Waals surface area contributed by atoms with Gasteiger partial charge in [-0.25, -0.2) is 4.98 Å². The van der Waals surface area contributed by atoms with Gasteiger partial charge in [0, 0.05) is 18.3 Å². The second-order valence-corrected chi connectivity index (χ2v) is 9.39. The fourth-order valence-electron chi connectivity index (χ4n) is 5.13. The van der Waals surface area contributed by atoms with Gasteiger partial charge in [-0.3, -0.25) is 4.90 Å². The van der Waals surface area contributed by atoms with Crippen LogP contribution in [0.3, 0.4) is 0 Å². The van der Waals surface area contributed by atoms with Gasteiger partial charge < -0.3 is 9.47 Å². The van der Waals surface area contributed by atoms with Gasteiger partial charge in [-0.05, 0) is 87.2 Å². The third-order valence-electron chi connectivity index (χ3n) is 7.09. The molecule has 2 aliphatic rings. The van der Waals surface area contributed by atoms with E-state index in [2.05, 4.69) is 40.2 Å². The van der Waals surface area contributed by atoms with Crippen molar-refractivity contribution in [2.45, 2.75) is 64.3 Å². The summed E-state index contributed by atoms with van der Waals surface area (Å²) in [7, 11) is 1.70. The Bertz CT molecular complexity index is 795. The van der Waals surface area contributed by atoms with Crippen molar-refractivity contribution >= 4 is 0 Å². The molecule has 1 saturated carbocycles. The SMILES string of the molecule is COc1ncccc1CN1CCC(CCc2cccc(OCC3CCCCC3)c2)CC1. The normalized spacial score (nSPS) is 18.7. The molecule has 0 bridgehead atoms. The van der Waals surface area contributed by atoms with E-state index in [1.54, 1.807) is 13.3 Å². The zero-order chi connectivity index (χ0) is 21.3. The minimum absolute atomic E-state index is 0.759. The Morgan fingerprint density at radius 2 is 1.81 bits per heavy atom. The molecule has 4 rings (SSSR count). The van der Waals surface area contributed by atoms with Crippen molar-refractivity contribution in [1.82, 2.24) is 9.88 Å². The topological polar surface area (TPSA) is 34.6 Å². The molecule has 2 heterocycles. The van der Waals surface area contributed by atoms with Crippen LogP contribution in [0.1, 0.15) is 62.5 Å². The molecule has 0 spiro atoms. The molecule has 2 fully saturated rings. The third-order valence-corrected chi connectivity index (χ3v) is 7.09. The van der Waals surface area contributed by atoms with Gasteiger partial charge in [0.25, 0.3) is 0 Å². The summed E-state index contributed by atoms with van der Waals surface area (Å²) in [6, 6.07) is 12.9. The van der Waals surface area contributed by atoms with Gasteiger partial charge in [-0.2, -0.15) is 0 Å². The number of rotatable bonds is 9. The van der Waals surface area contributed by atoms with Gasteiger partial charge in [-0.1, -0.05) is 37.5 Å². The van der Waals surface area contributed by atoms with E-state index in [9.17, 15) is 0 Å². The molecule has 168 valence electrons. The van der Waals surface area contributed by atoms with Gasteiger partial charge in [0.15, 0.2) is 0 Å². The van der Waals surface area contributed by atoms with E-state index < -0.39 is 0 Å². The zero-order valence-corrected chi connectivity index (χ0v) is 19.1. The van der Waals surface area contributed by atoms with E-state index in [-0.39, 0.29) is 0 Å². The molecule has 0 radical (unpaired) electrons. The van der Waals surface area contributed by atoms with Crippen LogP contribution in [0.2, 0.25) is 0 Å². The Hall–Kier alpha value is -2.07. The summed E-state index contributed by atoms with van der Waals surface area (Å²) in [6.45, 7) is 4.15. The second-order valence-electron chi connectivity index (χ2n) is 9.39. The molecule has 1 aromatic carbocycles. The summed E-state index contributed by atoms with van der Waals surface area (Å²) < 4.78 is 11.6. The number of ether oxygens (including phenoxy) is 2. The molecule has 0 unspecified atom stereocenters. The van der Waals surface area contributed by atoms with Crippen molar-refractivity contribution in [2.75, 3.05) is 26.8 Å². The van der Waals surface area contributed by atoms with Gasteiger partial charge in [0.1, 0.15) is 5.75 Å². The number of likely N-dealkylation sites (tertiary alicyclic amines) is 1. The van der Waals surface area contributed by atoms with Gasteiger partial charge >= 0.3 is 0 Å². The highest BCUT2D eigenvalue weighted by molar-refractivity contribution is 5.28. The lowest BCUT2D eigenvalue weighted by Gasteiger charge is -2.32. The Kier molecular flexibility index (Phi) is 8.23. The molecule has 2 aromatic rings. The van der Waals surface area contributed by atoms with Crippen LogP contribution in [-0.4, -0.2) is 36.7 Å². The van der Waals surface area contributed by atoms with E-state index >= 15 is 0 Å². The van der Waals surface area contributed by atoms with Crippen LogP contribution in [-0.2, 0) is 13.0 Å². The van der Waals surface area contributed by atoms with Crippen LogP contribution in [0.4, 0.5) is 0 Å². The molecule has 1 aliphatic carbocycles. The molecule has 0 N–H and O–H groups in total. The lowest BCUT2D eigenvalue weighted by Crippen LogP contribution is -2.33. The molecular weight excluding hydrogens is 384 g/mol. The number of hydrogen-bond donors (Lipinski definition) is 0. The molecule has 1 aliphatic heterocycles. The fraction of sp³-hybridized carbons (Fsp3) is 0.593. The number of aromatic nitrogens is 1. The van der Waals surface area contributed by atoms with Crippen LogP contribution in [0.5, 0.6) is 11.6 Å². The van der Waals surface area contributed by atoms with Crippen molar-refractivity contribution in [3.8, 4) is 11.6 Å². The van der Waals surface area contributed by atoms with Crippen molar-refractivity contribution in [1.29, 1.82) is 0 Å². The monoisotopic (exact) mass is 422 g/mol. The highest BCUT2D eigenvalue weighted by Gasteiger charge is 2.20. The Morgan fingerprint density at radius 1 is 0.968 bits per heavy atom. The average Bonchev–Trinajstić information content (AvgIpc) is 2.84. The first-order chi connectivity index (χ1) is 15.3. The number of methoxy groups -OCH3 is 1. The highest BCUT2D eigenvalue weighted by Crippen LogP contribution is 2.27. The van der Waals surface area contributed by atoms with E-state index in [0.29, 0.717) is 0 Å². The van der Waals surface area contributed by atoms with E-state index in [0.717, 1.165) is 56.1 Å². The maximum absolute atomic E-state index is 6.15. The summed E-state index contributed by atoms with van der Waals surface area (Å²) in [5.41, 5.74) is 2.61. The minimum Gasteiger partial charge on any atom is -0.493 e. The van der Waals surface area contributed by atoms with Crippen molar-refractivity contribution in [3.05, 3.63) is 53.7 Å². The number of nitrogens with zero attached hydrogens (tertiary/aromatic N) is 2. The number of piperidine rings is 1. The summed E-state index contributed by atoms with van der Waals surface area (Å²) >= 11 is 0. The molecule has 4 heteroatoms. The summed E-state index contributed by atoms with van der Waals surface area (Å²) in [5.74, 6) is 3.40. The quantitative estimate of drug-likeness (QED) is 0.504. The summed E-state index contributed by atoms with van der Waals surface area (Å²) in [5, 5.41) is 0. The second kappa shape index (κ2) is 11.5. The van der Waals surface area contributed by atoms with Crippen molar-refractivity contribution < 1.29 is 9.47 Å². The largest absolute Gasteiger partial charge is 0.493 e. The Labute approximate surface area is 188 Å². The molecular formula is C27H38N2O2. The number of hydrogen-bond acceptors (Lipinski definition) is 4. The molecule has 1 saturated heterocycles. The highest BCUT2D eigenvalue weighted by atomic mass is 16.5. The predicted octanol–water partition coefficient (Wildman–Crippen LogP) is 5.89. The molecule has 4 nitrogen and oxygen atoms in total. The average molecular weight is 423 g/mol. The third kappa shape index (κ3) is 6.70. The molecule has 1 aromatic heterocycles. The standard InChI is InChI=1S/C27H38N2O2/c1-30-27-25(10-6-16-28-27)20-29-17-14-22(15-18-29)12-13-23-9-5-11-26(19-23)31-21-24-7-3-2-4-8-24/h5-6,9-11,16,19,22,24H,2-4,7-8,12-15,17-18,20-21H2,1H3. The van der Waals surface area contributed by atoms with Crippen molar-refractivity contribution in [3.63, 3.8) is 0 Å². The van der Waals surface area contributed by atoms with Gasteiger partial charge in [0.05, 0.1) is 13.7 Å². The maximum Gasteiger partial charge on any atom is 0.217 e. The smallest absolute Gasteiger partial charge is 0.217 e. The Balaban J connectivity index is 1.19. The molecule has 31 heavy (non-hydrogen) atoms. The van der Waals surface area contributed by atoms with Gasteiger partial charge in [-0.15, -0.1) is 0 Å². The first kappa shape index (κ1) is 22.1. The van der Waals surface area contributed by atoms with Crippen LogP contribution in [0.25, 0.3) is 0 Å². The van der Waals surface area contributed by atoms with E-state index in [1.807, 2.05) is 6.07 Å². The first-order valence-corrected chi connectivity index (χ1v) is 12.2. The van der Waals surface area contributed by atoms with Gasteiger partial charge in [0.2, 0.25) is 5.88 Å². The number of pyridine rings is 1. The lowest BCUT2D eigenvalue weighted by molar-refractivity contribution is 0.170. The predicted molar refractivity (Wildman–Crippen MR) is 126 cm³/mol. The van der Waals surface area contributed by atoms with Crippen LogP contribution in [0, 0.1) is 11.8 Å². The zero-order valence-electron chi connectivity index (χ0n) is 19.1. The van der Waals surface area contributed by atoms with Crippen molar-refractivity contribution in [2.24, 2.45) is 11.8 Å². The minimum atomic E-state index is 0.759. The molecule has 0 amide bonds. The summed E-state index contributed by atoms with van der Waals surface area (Å²) in [6.07, 6.45) is 13.6. The van der Waals surface area contributed by atoms with E-state index in [4.69, 9.17) is 9.47 Å². The summed E-state index contributed by atoms with van der Waals surface area (Å²) in [4.78, 5) is 6.87. The fourth-order valence-corrected chi connectivity index (χ4v) is 5.13. The maximum atomic E-state index is 6.15. The number of aryl methyl sites for hydroxylation is 1. The van der Waals surface area contributed by atoms with E-state index in [1.165, 1.54) is 62.5 Å².